The molecule has 1 heterocycles. The summed E-state index contributed by atoms with van der Waals surface area (Å²) in [7, 11) is 1.57. The lowest BCUT2D eigenvalue weighted by atomic mass is 10.2. The minimum atomic E-state index is -0.375. The Hall–Kier alpha value is -1.57. The Labute approximate surface area is 118 Å². The van der Waals surface area contributed by atoms with Gasteiger partial charge >= 0.3 is 0 Å². The molecular formula is C12H12BrFN4O. The van der Waals surface area contributed by atoms with Crippen molar-refractivity contribution in [3.05, 3.63) is 40.2 Å². The van der Waals surface area contributed by atoms with Crippen LogP contribution in [0.2, 0.25) is 0 Å². The van der Waals surface area contributed by atoms with Crippen LogP contribution in [0.3, 0.4) is 0 Å². The maximum atomic E-state index is 13.5. The third kappa shape index (κ3) is 3.25. The summed E-state index contributed by atoms with van der Waals surface area (Å²) in [4.78, 5) is 8.49. The fourth-order valence-corrected chi connectivity index (χ4v) is 1.80. The minimum absolute atomic E-state index is 0.323. The van der Waals surface area contributed by atoms with Crippen LogP contribution in [-0.2, 0) is 11.3 Å². The molecule has 0 spiro atoms. The quantitative estimate of drug-likeness (QED) is 0.667. The van der Waals surface area contributed by atoms with Gasteiger partial charge in [0.05, 0.1) is 16.8 Å². The molecule has 0 unspecified atom stereocenters. The molecule has 1 aromatic carbocycles. The first-order valence-electron chi connectivity index (χ1n) is 5.43. The van der Waals surface area contributed by atoms with Gasteiger partial charge in [-0.3, -0.25) is 0 Å². The lowest BCUT2D eigenvalue weighted by Gasteiger charge is -2.07. The number of rotatable bonds is 4. The van der Waals surface area contributed by atoms with E-state index in [1.54, 1.807) is 25.3 Å². The number of methoxy groups -OCH3 is 1. The maximum Gasteiger partial charge on any atom is 0.162 e. The average molecular weight is 327 g/mol. The molecule has 7 heteroatoms. The van der Waals surface area contributed by atoms with Crippen LogP contribution >= 0.6 is 15.9 Å². The standard InChI is InChI=1S/C12H12BrFN4O/c1-19-6-8-5-11(18-15)17-12(16-8)7-2-3-9(13)10(14)4-7/h2-5H,6,15H2,1H3,(H,16,17,18). The largest absolute Gasteiger partial charge is 0.378 e. The molecule has 0 aliphatic heterocycles. The lowest BCUT2D eigenvalue weighted by Crippen LogP contribution is -2.11. The summed E-state index contributed by atoms with van der Waals surface area (Å²) in [5, 5.41) is 0. The van der Waals surface area contributed by atoms with Crippen LogP contribution in [0.25, 0.3) is 11.4 Å². The third-order valence-corrected chi connectivity index (χ3v) is 3.04. The molecule has 0 fully saturated rings. The summed E-state index contributed by atoms with van der Waals surface area (Å²) < 4.78 is 18.9. The van der Waals surface area contributed by atoms with Crippen molar-refractivity contribution in [1.29, 1.82) is 0 Å². The molecule has 0 radical (unpaired) electrons. The monoisotopic (exact) mass is 326 g/mol. The highest BCUT2D eigenvalue weighted by Crippen LogP contribution is 2.23. The molecule has 3 N–H and O–H groups in total. The number of nitrogens with one attached hydrogen (secondary N) is 1. The van der Waals surface area contributed by atoms with E-state index in [0.717, 1.165) is 0 Å². The van der Waals surface area contributed by atoms with Gasteiger partial charge in [-0.1, -0.05) is 0 Å². The fraction of sp³-hybridized carbons (Fsp3) is 0.167. The molecule has 0 bridgehead atoms. The Kier molecular flexibility index (Phi) is 4.41. The molecule has 5 nitrogen and oxygen atoms in total. The molecular weight excluding hydrogens is 315 g/mol. The number of benzene rings is 1. The van der Waals surface area contributed by atoms with E-state index in [-0.39, 0.29) is 5.82 Å². The van der Waals surface area contributed by atoms with Crippen molar-refractivity contribution in [2.24, 2.45) is 5.84 Å². The highest BCUT2D eigenvalue weighted by atomic mass is 79.9. The SMILES string of the molecule is COCc1cc(NN)nc(-c2ccc(Br)c(F)c2)n1. The molecule has 2 aromatic rings. The number of nitrogens with two attached hydrogens (primary N) is 1. The van der Waals surface area contributed by atoms with Crippen molar-refractivity contribution in [2.75, 3.05) is 12.5 Å². The van der Waals surface area contributed by atoms with E-state index in [1.165, 1.54) is 6.07 Å². The zero-order valence-corrected chi connectivity index (χ0v) is 11.7. The number of anilines is 1. The van der Waals surface area contributed by atoms with Gasteiger partial charge in [-0.05, 0) is 34.1 Å². The second kappa shape index (κ2) is 6.05. The number of aromatic nitrogens is 2. The summed E-state index contributed by atoms with van der Waals surface area (Å²) in [6.45, 7) is 0.323. The summed E-state index contributed by atoms with van der Waals surface area (Å²) in [5.74, 6) is 5.81. The molecule has 0 saturated carbocycles. The predicted molar refractivity (Wildman–Crippen MR) is 73.6 cm³/mol. The second-order valence-corrected chi connectivity index (χ2v) is 4.63. The van der Waals surface area contributed by atoms with E-state index in [1.807, 2.05) is 0 Å². The Balaban J connectivity index is 2.47. The molecule has 0 atom stereocenters. The van der Waals surface area contributed by atoms with E-state index in [2.05, 4.69) is 31.3 Å². The van der Waals surface area contributed by atoms with Crippen LogP contribution in [0.15, 0.2) is 28.7 Å². The first-order chi connectivity index (χ1) is 9.13. The number of hydrogen-bond acceptors (Lipinski definition) is 5. The van der Waals surface area contributed by atoms with Crippen LogP contribution < -0.4 is 11.3 Å². The first-order valence-corrected chi connectivity index (χ1v) is 6.22. The highest BCUT2D eigenvalue weighted by Gasteiger charge is 2.09. The van der Waals surface area contributed by atoms with Crippen LogP contribution in [0.4, 0.5) is 10.2 Å². The van der Waals surface area contributed by atoms with E-state index >= 15 is 0 Å². The Morgan fingerprint density at radius 2 is 2.16 bits per heavy atom. The van der Waals surface area contributed by atoms with Gasteiger partial charge in [0.15, 0.2) is 5.82 Å². The molecule has 2 rings (SSSR count). The van der Waals surface area contributed by atoms with E-state index in [9.17, 15) is 4.39 Å². The zero-order chi connectivity index (χ0) is 13.8. The lowest BCUT2D eigenvalue weighted by molar-refractivity contribution is 0.181. The van der Waals surface area contributed by atoms with Crippen molar-refractivity contribution >= 4 is 21.7 Å². The summed E-state index contributed by atoms with van der Waals surface area (Å²) in [5.41, 5.74) is 3.67. The first kappa shape index (κ1) is 13.9. The molecule has 0 amide bonds. The average Bonchev–Trinajstić information content (AvgIpc) is 2.42. The number of hydrogen-bond donors (Lipinski definition) is 2. The molecule has 1 aromatic heterocycles. The molecule has 0 saturated heterocycles. The Morgan fingerprint density at radius 1 is 1.37 bits per heavy atom. The van der Waals surface area contributed by atoms with Crippen LogP contribution in [0.1, 0.15) is 5.69 Å². The Bertz CT molecular complexity index is 594. The smallest absolute Gasteiger partial charge is 0.162 e. The maximum absolute atomic E-state index is 13.5. The number of hydrazine groups is 1. The zero-order valence-electron chi connectivity index (χ0n) is 10.2. The third-order valence-electron chi connectivity index (χ3n) is 2.40. The number of ether oxygens (including phenoxy) is 1. The molecule has 0 aliphatic rings. The summed E-state index contributed by atoms with van der Waals surface area (Å²) in [6, 6.07) is 6.35. The van der Waals surface area contributed by atoms with Crippen molar-refractivity contribution in [3.8, 4) is 11.4 Å². The minimum Gasteiger partial charge on any atom is -0.378 e. The van der Waals surface area contributed by atoms with Crippen LogP contribution in [-0.4, -0.2) is 17.1 Å². The summed E-state index contributed by atoms with van der Waals surface area (Å²) in [6.07, 6.45) is 0. The molecule has 100 valence electrons. The van der Waals surface area contributed by atoms with Gasteiger partial charge in [0, 0.05) is 18.7 Å². The van der Waals surface area contributed by atoms with Gasteiger partial charge in [0.1, 0.15) is 11.6 Å². The number of nitrogen functional groups attached to an aromatic ring is 1. The Morgan fingerprint density at radius 3 is 2.79 bits per heavy atom. The van der Waals surface area contributed by atoms with Crippen molar-refractivity contribution in [3.63, 3.8) is 0 Å². The summed E-state index contributed by atoms with van der Waals surface area (Å²) >= 11 is 3.10. The van der Waals surface area contributed by atoms with E-state index < -0.39 is 0 Å². The van der Waals surface area contributed by atoms with E-state index in [0.29, 0.717) is 34.0 Å². The van der Waals surface area contributed by atoms with Crippen molar-refractivity contribution < 1.29 is 9.13 Å². The number of nitrogens with zero attached hydrogens (tertiary/aromatic N) is 2. The van der Waals surface area contributed by atoms with Gasteiger partial charge in [-0.2, -0.15) is 0 Å². The van der Waals surface area contributed by atoms with Gasteiger partial charge in [-0.15, -0.1) is 0 Å². The van der Waals surface area contributed by atoms with Gasteiger partial charge in [0.2, 0.25) is 0 Å². The normalized spacial score (nSPS) is 10.5. The topological polar surface area (TPSA) is 73.1 Å². The highest BCUT2D eigenvalue weighted by molar-refractivity contribution is 9.10. The predicted octanol–water partition coefficient (Wildman–Crippen LogP) is 2.48. The molecule has 19 heavy (non-hydrogen) atoms. The van der Waals surface area contributed by atoms with Crippen LogP contribution in [0.5, 0.6) is 0 Å². The fourth-order valence-electron chi connectivity index (χ4n) is 1.56. The van der Waals surface area contributed by atoms with Crippen molar-refractivity contribution in [1.82, 2.24) is 9.97 Å². The van der Waals surface area contributed by atoms with Crippen LogP contribution in [0, 0.1) is 5.82 Å². The van der Waals surface area contributed by atoms with Crippen molar-refractivity contribution in [2.45, 2.75) is 6.61 Å². The van der Waals surface area contributed by atoms with Gasteiger partial charge in [-0.25, -0.2) is 20.2 Å². The second-order valence-electron chi connectivity index (χ2n) is 3.77. The number of halogens is 2. The van der Waals surface area contributed by atoms with Gasteiger partial charge < -0.3 is 10.2 Å². The van der Waals surface area contributed by atoms with E-state index in [4.69, 9.17) is 10.6 Å². The molecule has 0 aliphatic carbocycles. The van der Waals surface area contributed by atoms with Gasteiger partial charge in [0.25, 0.3) is 0 Å².